The topological polar surface area (TPSA) is 88.5 Å². The number of nitrogens with zero attached hydrogens (tertiary/aromatic N) is 6. The number of hydrogen-bond donors (Lipinski definition) is 0. The third-order valence-corrected chi connectivity index (χ3v) is 5.69. The van der Waals surface area contributed by atoms with Crippen molar-refractivity contribution in [3.8, 4) is 0 Å². The van der Waals surface area contributed by atoms with Crippen molar-refractivity contribution in [2.45, 2.75) is 59.5 Å². The molecule has 0 N–H and O–H groups in total. The van der Waals surface area contributed by atoms with Crippen molar-refractivity contribution in [2.75, 3.05) is 0 Å². The second-order valence-electron chi connectivity index (χ2n) is 8.36. The fourth-order valence-corrected chi connectivity index (χ4v) is 3.73. The summed E-state index contributed by atoms with van der Waals surface area (Å²) in [6.45, 7) is 7.67. The van der Waals surface area contributed by atoms with Crippen molar-refractivity contribution >= 4 is 23.2 Å². The first-order valence-electron chi connectivity index (χ1n) is 11.6. The fourth-order valence-electron chi connectivity index (χ4n) is 3.73. The molecule has 8 heteroatoms. The summed E-state index contributed by atoms with van der Waals surface area (Å²) in [6, 6.07) is 5.31. The van der Waals surface area contributed by atoms with Gasteiger partial charge in [0, 0.05) is 0 Å². The summed E-state index contributed by atoms with van der Waals surface area (Å²) in [4.78, 5) is 8.69. The molecule has 2 heterocycles. The Hall–Kier alpha value is -3.42. The summed E-state index contributed by atoms with van der Waals surface area (Å²) in [5.74, 6) is 0.422. The summed E-state index contributed by atoms with van der Waals surface area (Å²) in [5, 5.41) is 26.0. The Morgan fingerprint density at radius 1 is 0.848 bits per heavy atom. The molecule has 0 fully saturated rings. The third kappa shape index (κ3) is 5.69. The SMILES string of the molecule is CCCCn1cc[n+](C)c1C([O-])=Nc1ccc(C)c(N=C([O-])c2n(CCCC)cc[n+]2C)c1. The first-order chi connectivity index (χ1) is 15.8. The minimum Gasteiger partial charge on any atom is -0.853 e. The molecule has 0 saturated carbocycles. The van der Waals surface area contributed by atoms with Gasteiger partial charge in [0.05, 0.1) is 50.4 Å². The van der Waals surface area contributed by atoms with Crippen LogP contribution < -0.4 is 19.3 Å². The molecule has 2 aromatic heterocycles. The van der Waals surface area contributed by atoms with Crippen molar-refractivity contribution in [3.63, 3.8) is 0 Å². The number of aryl methyl sites for hydroxylation is 5. The van der Waals surface area contributed by atoms with Gasteiger partial charge in [-0.2, -0.15) is 0 Å². The molecule has 0 unspecified atom stereocenters. The molecule has 0 amide bonds. The monoisotopic (exact) mass is 450 g/mol. The Labute approximate surface area is 195 Å². The van der Waals surface area contributed by atoms with Gasteiger partial charge in [-0.15, -0.1) is 0 Å². The lowest BCUT2D eigenvalue weighted by atomic mass is 10.2. The Morgan fingerprint density at radius 3 is 1.88 bits per heavy atom. The average Bonchev–Trinajstić information content (AvgIpc) is 3.34. The molecule has 0 aliphatic rings. The first kappa shape index (κ1) is 24.2. The van der Waals surface area contributed by atoms with Gasteiger partial charge in [0.2, 0.25) is 0 Å². The van der Waals surface area contributed by atoms with Gasteiger partial charge in [0.15, 0.2) is 0 Å². The van der Waals surface area contributed by atoms with Crippen LogP contribution in [0.1, 0.15) is 56.7 Å². The summed E-state index contributed by atoms with van der Waals surface area (Å²) in [6.07, 6.45) is 11.6. The number of rotatable bonds is 10. The molecule has 0 aliphatic heterocycles. The second-order valence-corrected chi connectivity index (χ2v) is 8.36. The molecule has 0 spiro atoms. The van der Waals surface area contributed by atoms with Crippen molar-refractivity contribution in [2.24, 2.45) is 24.1 Å². The Balaban J connectivity index is 1.94. The normalized spacial score (nSPS) is 12.5. The number of aliphatic imine (C=N–C) groups is 2. The minimum absolute atomic E-state index is 0.315. The summed E-state index contributed by atoms with van der Waals surface area (Å²) in [7, 11) is 3.68. The number of benzene rings is 1. The molecule has 1 aromatic carbocycles. The molecular formula is C25H34N6O2. The number of unbranched alkanes of at least 4 members (excludes halogenated alkanes) is 2. The Bertz CT molecular complexity index is 1160. The van der Waals surface area contributed by atoms with Crippen molar-refractivity contribution in [1.82, 2.24) is 9.13 Å². The molecule has 0 aliphatic carbocycles. The van der Waals surface area contributed by atoms with Crippen LogP contribution >= 0.6 is 0 Å². The zero-order valence-electron chi connectivity index (χ0n) is 20.3. The molecule has 8 nitrogen and oxygen atoms in total. The number of imidazole rings is 2. The summed E-state index contributed by atoms with van der Waals surface area (Å²) < 4.78 is 7.45. The lowest BCUT2D eigenvalue weighted by Crippen LogP contribution is -2.40. The van der Waals surface area contributed by atoms with Gasteiger partial charge >= 0.3 is 0 Å². The molecule has 0 bridgehead atoms. The Morgan fingerprint density at radius 2 is 1.36 bits per heavy atom. The predicted molar refractivity (Wildman–Crippen MR) is 125 cm³/mol. The van der Waals surface area contributed by atoms with Crippen LogP contribution in [0.25, 0.3) is 0 Å². The van der Waals surface area contributed by atoms with Gasteiger partial charge in [-0.3, -0.25) is 9.98 Å². The predicted octanol–water partition coefficient (Wildman–Crippen LogP) is 1.72. The highest BCUT2D eigenvalue weighted by Gasteiger charge is 2.16. The molecule has 0 atom stereocenters. The van der Waals surface area contributed by atoms with Crippen LogP contribution in [0, 0.1) is 6.92 Å². The first-order valence-corrected chi connectivity index (χ1v) is 11.6. The van der Waals surface area contributed by atoms with Gasteiger partial charge in [-0.05, 0) is 37.5 Å². The number of aromatic nitrogens is 4. The fraction of sp³-hybridized carbons (Fsp3) is 0.440. The van der Waals surface area contributed by atoms with E-state index in [4.69, 9.17) is 0 Å². The maximum absolute atomic E-state index is 13.0. The van der Waals surface area contributed by atoms with E-state index in [1.807, 2.05) is 61.0 Å². The molecular weight excluding hydrogens is 416 g/mol. The van der Waals surface area contributed by atoms with E-state index in [0.717, 1.165) is 44.3 Å². The lowest BCUT2D eigenvalue weighted by Gasteiger charge is -2.12. The van der Waals surface area contributed by atoms with E-state index in [0.29, 0.717) is 23.0 Å². The molecule has 3 rings (SSSR count). The minimum atomic E-state index is -0.320. The third-order valence-electron chi connectivity index (χ3n) is 5.69. The van der Waals surface area contributed by atoms with Gasteiger partial charge in [-0.1, -0.05) is 32.8 Å². The lowest BCUT2D eigenvalue weighted by molar-refractivity contribution is -0.674. The quantitative estimate of drug-likeness (QED) is 0.267. The van der Waals surface area contributed by atoms with Crippen LogP contribution in [0.3, 0.4) is 0 Å². The maximum Gasteiger partial charge on any atom is 0.292 e. The van der Waals surface area contributed by atoms with Crippen LogP contribution in [0.5, 0.6) is 0 Å². The number of hydrogen-bond acceptors (Lipinski definition) is 4. The highest BCUT2D eigenvalue weighted by Crippen LogP contribution is 2.25. The van der Waals surface area contributed by atoms with Crippen molar-refractivity contribution < 1.29 is 19.3 Å². The van der Waals surface area contributed by atoms with E-state index in [2.05, 4.69) is 23.8 Å². The van der Waals surface area contributed by atoms with Crippen LogP contribution in [0.4, 0.5) is 11.4 Å². The van der Waals surface area contributed by atoms with Gasteiger partial charge in [0.25, 0.3) is 11.6 Å². The van der Waals surface area contributed by atoms with Crippen LogP contribution in [0.2, 0.25) is 0 Å². The maximum atomic E-state index is 13.0. The zero-order valence-corrected chi connectivity index (χ0v) is 20.3. The van der Waals surface area contributed by atoms with E-state index in [9.17, 15) is 10.2 Å². The van der Waals surface area contributed by atoms with Crippen molar-refractivity contribution in [1.29, 1.82) is 0 Å². The molecule has 3 aromatic rings. The van der Waals surface area contributed by atoms with E-state index < -0.39 is 0 Å². The zero-order chi connectivity index (χ0) is 24.0. The molecule has 33 heavy (non-hydrogen) atoms. The summed E-state index contributed by atoms with van der Waals surface area (Å²) in [5.41, 5.74) is 1.84. The molecule has 0 saturated heterocycles. The smallest absolute Gasteiger partial charge is 0.292 e. The van der Waals surface area contributed by atoms with E-state index in [-0.39, 0.29) is 11.8 Å². The van der Waals surface area contributed by atoms with Crippen molar-refractivity contribution in [3.05, 3.63) is 60.2 Å². The molecule has 0 radical (unpaired) electrons. The highest BCUT2D eigenvalue weighted by molar-refractivity contribution is 5.89. The largest absolute Gasteiger partial charge is 0.853 e. The van der Waals surface area contributed by atoms with Gasteiger partial charge in [0.1, 0.15) is 24.8 Å². The van der Waals surface area contributed by atoms with Gasteiger partial charge in [-0.25, -0.2) is 18.3 Å². The van der Waals surface area contributed by atoms with Crippen LogP contribution in [-0.2, 0) is 27.2 Å². The average molecular weight is 451 g/mol. The van der Waals surface area contributed by atoms with E-state index >= 15 is 0 Å². The van der Waals surface area contributed by atoms with E-state index in [1.165, 1.54) is 0 Å². The van der Waals surface area contributed by atoms with Crippen LogP contribution in [-0.4, -0.2) is 20.9 Å². The standard InChI is InChI=1S/C25H34N6O2/c1-6-8-12-30-16-14-28(4)24(30)22(32)26-20-11-10-19(3)21(18-20)27-23(33)25-29(5)15-17-31(25)13-9-7-2/h10-11,14-18H,6-9,12-13H2,1-5H3. The van der Waals surface area contributed by atoms with Gasteiger partial charge < -0.3 is 10.2 Å². The Kier molecular flexibility index (Phi) is 8.03. The summed E-state index contributed by atoms with van der Waals surface area (Å²) >= 11 is 0. The van der Waals surface area contributed by atoms with E-state index in [1.54, 1.807) is 21.3 Å². The highest BCUT2D eigenvalue weighted by atomic mass is 16.3. The second kappa shape index (κ2) is 10.9. The molecule has 176 valence electrons. The van der Waals surface area contributed by atoms with Crippen LogP contribution in [0.15, 0.2) is 53.0 Å².